The van der Waals surface area contributed by atoms with E-state index in [0.717, 1.165) is 154 Å². The third-order valence-corrected chi connectivity index (χ3v) is 17.6. The second-order valence-corrected chi connectivity index (χ2v) is 28.4. The Morgan fingerprint density at radius 3 is 0.846 bits per heavy atom. The number of carbonyl (C=O) groups is 4. The number of aliphatic hydroxyl groups excluding tert-OH is 1. The van der Waals surface area contributed by atoms with Crippen molar-refractivity contribution < 1.29 is 80.2 Å². The van der Waals surface area contributed by atoms with Crippen molar-refractivity contribution in [3.05, 3.63) is 170 Å². The van der Waals surface area contributed by atoms with Crippen molar-refractivity contribution in [2.75, 3.05) is 39.6 Å². The van der Waals surface area contributed by atoms with Crippen molar-refractivity contribution in [3.8, 4) is 0 Å². The Kier molecular flexibility index (Phi) is 71.6. The van der Waals surface area contributed by atoms with E-state index in [-0.39, 0.29) is 25.7 Å². The van der Waals surface area contributed by atoms with E-state index in [4.69, 9.17) is 37.0 Å². The summed E-state index contributed by atoms with van der Waals surface area (Å²) in [4.78, 5) is 72.9. The fourth-order valence-corrected chi connectivity index (χ4v) is 11.4. The molecule has 3 N–H and O–H groups in total. The predicted molar refractivity (Wildman–Crippen MR) is 426 cm³/mol. The Morgan fingerprint density at radius 1 is 0.279 bits per heavy atom. The lowest BCUT2D eigenvalue weighted by atomic mass is 10.1. The quantitative estimate of drug-likeness (QED) is 0.0169. The van der Waals surface area contributed by atoms with Gasteiger partial charge < -0.3 is 33.8 Å². The Bertz CT molecular complexity index is 2640. The smallest absolute Gasteiger partial charge is 0.462 e. The summed E-state index contributed by atoms with van der Waals surface area (Å²) in [6.07, 6.45) is 89.3. The van der Waals surface area contributed by atoms with Gasteiger partial charge in [0.15, 0.2) is 12.2 Å². The van der Waals surface area contributed by atoms with Crippen LogP contribution in [0.15, 0.2) is 170 Å². The monoisotopic (exact) mass is 1490 g/mol. The van der Waals surface area contributed by atoms with Crippen LogP contribution < -0.4 is 0 Å². The summed E-state index contributed by atoms with van der Waals surface area (Å²) in [5.74, 6) is -2.35. The molecule has 0 radical (unpaired) electrons. The molecule has 0 fully saturated rings. The van der Waals surface area contributed by atoms with Crippen molar-refractivity contribution in [1.82, 2.24) is 0 Å². The molecular formula is C85H138O17P2. The molecule has 0 aromatic carbocycles. The minimum absolute atomic E-state index is 0.0210. The van der Waals surface area contributed by atoms with Gasteiger partial charge in [0, 0.05) is 25.7 Å². The van der Waals surface area contributed by atoms with Crippen LogP contribution in [0.3, 0.4) is 0 Å². The zero-order valence-corrected chi connectivity index (χ0v) is 66.2. The van der Waals surface area contributed by atoms with Gasteiger partial charge in [-0.1, -0.05) is 288 Å². The molecule has 5 atom stereocenters. The van der Waals surface area contributed by atoms with E-state index >= 15 is 0 Å². The van der Waals surface area contributed by atoms with Crippen LogP contribution >= 0.6 is 15.6 Å². The molecule has 0 heterocycles. The first-order chi connectivity index (χ1) is 50.7. The zero-order chi connectivity index (χ0) is 76.0. The van der Waals surface area contributed by atoms with Gasteiger partial charge in [0.25, 0.3) is 0 Å². The second kappa shape index (κ2) is 75.6. The average Bonchev–Trinajstić information content (AvgIpc) is 0.929. The predicted octanol–water partition coefficient (Wildman–Crippen LogP) is 23.0. The highest BCUT2D eigenvalue weighted by molar-refractivity contribution is 7.47. The molecule has 0 saturated carbocycles. The first-order valence-electron chi connectivity index (χ1n) is 39.4. The summed E-state index contributed by atoms with van der Waals surface area (Å²) in [5.41, 5.74) is 0. The van der Waals surface area contributed by atoms with Gasteiger partial charge in [-0.2, -0.15) is 0 Å². The lowest BCUT2D eigenvalue weighted by Gasteiger charge is -2.21. The first-order valence-corrected chi connectivity index (χ1v) is 42.4. The van der Waals surface area contributed by atoms with Gasteiger partial charge in [0.1, 0.15) is 19.3 Å². The van der Waals surface area contributed by atoms with Gasteiger partial charge in [0.2, 0.25) is 0 Å². The van der Waals surface area contributed by atoms with Crippen LogP contribution in [0.1, 0.15) is 285 Å². The average molecular weight is 1490 g/mol. The molecule has 0 amide bonds. The number of allylic oxidation sites excluding steroid dienone is 28. The Labute approximate surface area is 629 Å². The summed E-state index contributed by atoms with van der Waals surface area (Å²) in [5, 5.41) is 10.6. The number of ether oxygens (including phenoxy) is 4. The summed E-state index contributed by atoms with van der Waals surface area (Å²) in [6.45, 7) is 4.36. The SMILES string of the molecule is CC/C=C\C/C=C\C/C=C\C/C=C\C/C=C\C/C=C\CCC(=O)OCC(COP(=O)(O)OCC(O)COP(=O)(O)OCC(COC(=O)CCCCCCCC/C=C\C/C=C\C/C=C\C/C=C\CC)OC(=O)CCCCCCCCCCCCC)OC(=O)CCCC/C=C\C/C=C\C/C=C\C/C=C\CC. The van der Waals surface area contributed by atoms with Gasteiger partial charge in [-0.15, -0.1) is 0 Å². The maximum absolute atomic E-state index is 13.1. The normalized spacial score (nSPS) is 14.8. The summed E-state index contributed by atoms with van der Waals surface area (Å²) < 4.78 is 68.4. The molecule has 5 unspecified atom stereocenters. The van der Waals surface area contributed by atoms with Crippen molar-refractivity contribution in [2.45, 2.75) is 303 Å². The van der Waals surface area contributed by atoms with Crippen LogP contribution in [0, 0.1) is 0 Å². The van der Waals surface area contributed by atoms with Crippen molar-refractivity contribution in [3.63, 3.8) is 0 Å². The molecule has 0 aromatic heterocycles. The Morgan fingerprint density at radius 2 is 0.519 bits per heavy atom. The molecule has 0 aromatic rings. The van der Waals surface area contributed by atoms with Crippen molar-refractivity contribution in [2.24, 2.45) is 0 Å². The Hall–Kier alpha value is -5.58. The van der Waals surface area contributed by atoms with Crippen LogP contribution in [0.25, 0.3) is 0 Å². The van der Waals surface area contributed by atoms with Gasteiger partial charge in [-0.25, -0.2) is 9.13 Å². The van der Waals surface area contributed by atoms with Gasteiger partial charge in [-0.3, -0.25) is 37.3 Å². The third kappa shape index (κ3) is 74.7. The first kappa shape index (κ1) is 98.4. The van der Waals surface area contributed by atoms with Crippen LogP contribution in [0.5, 0.6) is 0 Å². The number of phosphoric acid groups is 2. The topological polar surface area (TPSA) is 237 Å². The molecule has 590 valence electrons. The maximum Gasteiger partial charge on any atom is 0.472 e. The molecule has 0 spiro atoms. The molecule has 17 nitrogen and oxygen atoms in total. The molecular weight excluding hydrogens is 1350 g/mol. The number of rotatable bonds is 72. The highest BCUT2D eigenvalue weighted by Gasteiger charge is 2.30. The molecule has 0 aliphatic carbocycles. The molecule has 0 aliphatic heterocycles. The van der Waals surface area contributed by atoms with Gasteiger partial charge in [0.05, 0.1) is 26.4 Å². The van der Waals surface area contributed by atoms with Crippen LogP contribution in [-0.2, 0) is 65.4 Å². The summed E-state index contributed by atoms with van der Waals surface area (Å²) >= 11 is 0. The summed E-state index contributed by atoms with van der Waals surface area (Å²) in [7, 11) is -10.0. The second-order valence-electron chi connectivity index (χ2n) is 25.5. The molecule has 0 rings (SSSR count). The van der Waals surface area contributed by atoms with Crippen LogP contribution in [0.4, 0.5) is 0 Å². The van der Waals surface area contributed by atoms with Crippen molar-refractivity contribution >= 4 is 39.5 Å². The van der Waals surface area contributed by atoms with Crippen LogP contribution in [-0.4, -0.2) is 96.7 Å². The van der Waals surface area contributed by atoms with E-state index < -0.39 is 97.5 Å². The highest BCUT2D eigenvalue weighted by atomic mass is 31.2. The fraction of sp³-hybridized carbons (Fsp3) is 0.624. The minimum Gasteiger partial charge on any atom is -0.462 e. The zero-order valence-electron chi connectivity index (χ0n) is 64.4. The molecule has 104 heavy (non-hydrogen) atoms. The van der Waals surface area contributed by atoms with E-state index in [1.807, 2.05) is 18.2 Å². The third-order valence-electron chi connectivity index (χ3n) is 15.7. The number of hydrogen-bond acceptors (Lipinski definition) is 15. The minimum atomic E-state index is -5.01. The van der Waals surface area contributed by atoms with E-state index in [9.17, 15) is 43.2 Å². The van der Waals surface area contributed by atoms with E-state index in [1.165, 1.54) is 38.5 Å². The molecule has 19 heteroatoms. The molecule has 0 bridgehead atoms. The number of aliphatic hydroxyl groups is 1. The molecule has 0 saturated heterocycles. The largest absolute Gasteiger partial charge is 0.472 e. The lowest BCUT2D eigenvalue weighted by Crippen LogP contribution is -2.30. The maximum atomic E-state index is 13.1. The van der Waals surface area contributed by atoms with Gasteiger partial charge >= 0.3 is 39.5 Å². The number of phosphoric ester groups is 2. The van der Waals surface area contributed by atoms with E-state index in [1.54, 1.807) is 0 Å². The van der Waals surface area contributed by atoms with E-state index in [2.05, 4.69) is 180 Å². The molecule has 0 aliphatic rings. The fourth-order valence-electron chi connectivity index (χ4n) is 9.82. The van der Waals surface area contributed by atoms with Gasteiger partial charge in [-0.05, 0) is 141 Å². The number of hydrogen-bond donors (Lipinski definition) is 3. The van der Waals surface area contributed by atoms with Crippen LogP contribution in [0.2, 0.25) is 0 Å². The number of esters is 4. The number of unbranched alkanes of at least 4 members (excludes halogenated alkanes) is 18. The lowest BCUT2D eigenvalue weighted by molar-refractivity contribution is -0.161. The van der Waals surface area contributed by atoms with Crippen molar-refractivity contribution in [1.29, 1.82) is 0 Å². The number of carbonyl (C=O) groups excluding carboxylic acids is 4. The highest BCUT2D eigenvalue weighted by Crippen LogP contribution is 2.45. The van der Waals surface area contributed by atoms with E-state index in [0.29, 0.717) is 38.5 Å². The standard InChI is InChI=1S/C85H138O17P2/c1-5-9-13-17-21-25-29-32-35-37-39-41-44-46-50-53-57-61-65-69-82(87)95-75-80(101-84(89)71-67-63-59-55-49-28-24-20-16-12-8-4)77-99-103(91,92)97-73-79(86)74-98-104(93,94)100-78-81(102-85(90)72-68-64-60-56-52-48-43-34-31-27-23-19-15-11-7-3)76-96-83(88)70-66-62-58-54-51-47-45-42-40-38-36-33-30-26-22-18-14-10-6-2/h9-11,13-15,21-23,25-27,32-36,39-43,47,51-52,56,58,62,79-81,86H,5-8,12,16-20,24,28-31,37-38,44-46,48-50,53-55,57,59-61,63-78H2,1-4H3,(H,91,92)(H,93,94)/b13-9-,14-10-,15-11-,25-21-,26-22-,27-23-,35-32-,36-33-,41-39-,42-40-,43-34-,51-47-,56-52-,62-58-. The summed E-state index contributed by atoms with van der Waals surface area (Å²) in [6, 6.07) is 0. The Balaban J connectivity index is 5.43.